The zero-order valence-corrected chi connectivity index (χ0v) is 18.0. The maximum absolute atomic E-state index is 10.4. The number of carboxylic acids is 3. The van der Waals surface area contributed by atoms with Crippen LogP contribution in [0.3, 0.4) is 0 Å². The van der Waals surface area contributed by atoms with Crippen molar-refractivity contribution in [2.45, 2.75) is 71.5 Å². The Kier molecular flexibility index (Phi) is 16.6. The Morgan fingerprint density at radius 1 is 0.893 bits per heavy atom. The molecule has 1 rings (SSSR count). The van der Waals surface area contributed by atoms with Gasteiger partial charge in [0.15, 0.2) is 0 Å². The van der Waals surface area contributed by atoms with E-state index in [1.807, 2.05) is 27.7 Å². The molecule has 166 valence electrons. The van der Waals surface area contributed by atoms with Crippen molar-refractivity contribution in [3.05, 3.63) is 0 Å². The fraction of sp³-hybridized carbons (Fsp3) is 0.842. The van der Waals surface area contributed by atoms with Crippen molar-refractivity contribution < 1.29 is 29.7 Å². The number of carbonyl (C=O) groups is 3. The van der Waals surface area contributed by atoms with Crippen LogP contribution in [0.5, 0.6) is 0 Å². The molecular weight excluding hydrogens is 366 g/mol. The van der Waals surface area contributed by atoms with Crippen LogP contribution in [-0.2, 0) is 14.4 Å². The molecule has 1 saturated heterocycles. The molecule has 1 fully saturated rings. The summed E-state index contributed by atoms with van der Waals surface area (Å²) in [4.78, 5) is 30.9. The predicted octanol–water partition coefficient (Wildman–Crippen LogP) is 1.23. The Morgan fingerprint density at radius 2 is 1.29 bits per heavy atom. The smallest absolute Gasteiger partial charge is 0.320 e. The third kappa shape index (κ3) is 15.4. The second-order valence-electron chi connectivity index (χ2n) is 7.61. The van der Waals surface area contributed by atoms with Gasteiger partial charge in [0.05, 0.1) is 0 Å². The van der Waals surface area contributed by atoms with Crippen molar-refractivity contribution in [3.63, 3.8) is 0 Å². The van der Waals surface area contributed by atoms with Crippen molar-refractivity contribution >= 4 is 17.9 Å². The third-order valence-corrected chi connectivity index (χ3v) is 4.07. The van der Waals surface area contributed by atoms with Gasteiger partial charge in [0, 0.05) is 0 Å². The van der Waals surface area contributed by atoms with Crippen LogP contribution < -0.4 is 16.0 Å². The summed E-state index contributed by atoms with van der Waals surface area (Å²) in [7, 11) is 3.34. The topological polar surface area (TPSA) is 148 Å². The van der Waals surface area contributed by atoms with Gasteiger partial charge in [-0.15, -0.1) is 0 Å². The van der Waals surface area contributed by atoms with Gasteiger partial charge in [0.1, 0.15) is 18.1 Å². The summed E-state index contributed by atoms with van der Waals surface area (Å²) >= 11 is 0. The average Bonchev–Trinajstić information content (AvgIpc) is 3.12. The molecule has 0 bridgehead atoms. The van der Waals surface area contributed by atoms with Crippen LogP contribution in [0.1, 0.15) is 53.4 Å². The van der Waals surface area contributed by atoms with Crippen LogP contribution in [0, 0.1) is 11.8 Å². The monoisotopic (exact) mass is 405 g/mol. The summed E-state index contributed by atoms with van der Waals surface area (Å²) in [6.45, 7) is 8.89. The van der Waals surface area contributed by atoms with E-state index >= 15 is 0 Å². The van der Waals surface area contributed by atoms with Crippen LogP contribution in [0.2, 0.25) is 0 Å². The molecule has 1 aliphatic rings. The van der Waals surface area contributed by atoms with Gasteiger partial charge in [0.25, 0.3) is 0 Å². The van der Waals surface area contributed by atoms with E-state index in [-0.39, 0.29) is 18.1 Å². The number of nitrogens with one attached hydrogen (secondary N) is 3. The van der Waals surface area contributed by atoms with Gasteiger partial charge >= 0.3 is 17.9 Å². The highest BCUT2D eigenvalue weighted by Gasteiger charge is 2.20. The summed E-state index contributed by atoms with van der Waals surface area (Å²) in [6.07, 6.45) is 3.16. The normalized spacial score (nSPS) is 17.8. The van der Waals surface area contributed by atoms with Gasteiger partial charge in [-0.2, -0.15) is 0 Å². The van der Waals surface area contributed by atoms with E-state index in [0.717, 1.165) is 19.4 Å². The lowest BCUT2D eigenvalue weighted by molar-refractivity contribution is -0.140. The van der Waals surface area contributed by atoms with E-state index in [2.05, 4.69) is 16.0 Å². The molecule has 0 aromatic carbocycles. The maximum Gasteiger partial charge on any atom is 0.320 e. The first-order valence-corrected chi connectivity index (χ1v) is 9.72. The van der Waals surface area contributed by atoms with Gasteiger partial charge in [-0.3, -0.25) is 14.4 Å². The van der Waals surface area contributed by atoms with Crippen molar-refractivity contribution in [2.75, 3.05) is 20.6 Å². The van der Waals surface area contributed by atoms with Crippen LogP contribution >= 0.6 is 0 Å². The van der Waals surface area contributed by atoms with Crippen LogP contribution in [0.4, 0.5) is 0 Å². The zero-order valence-electron chi connectivity index (χ0n) is 18.0. The van der Waals surface area contributed by atoms with Gasteiger partial charge in [-0.1, -0.05) is 27.7 Å². The van der Waals surface area contributed by atoms with Crippen molar-refractivity contribution in [1.82, 2.24) is 16.0 Å². The molecular formula is C19H39N3O6. The van der Waals surface area contributed by atoms with Crippen molar-refractivity contribution in [1.29, 1.82) is 0 Å². The van der Waals surface area contributed by atoms with Crippen molar-refractivity contribution in [3.8, 4) is 0 Å². The summed E-state index contributed by atoms with van der Waals surface area (Å²) in [5, 5.41) is 33.8. The van der Waals surface area contributed by atoms with Crippen LogP contribution in [0.25, 0.3) is 0 Å². The minimum absolute atomic E-state index is 0.269. The Labute approximate surface area is 168 Å². The molecule has 0 aromatic rings. The summed E-state index contributed by atoms with van der Waals surface area (Å²) in [5.74, 6) is -1.41. The minimum Gasteiger partial charge on any atom is -0.480 e. The predicted molar refractivity (Wildman–Crippen MR) is 109 cm³/mol. The van der Waals surface area contributed by atoms with E-state index < -0.39 is 17.9 Å². The Bertz CT molecular complexity index is 423. The first-order valence-electron chi connectivity index (χ1n) is 9.72. The Morgan fingerprint density at radius 3 is 1.39 bits per heavy atom. The third-order valence-electron chi connectivity index (χ3n) is 4.07. The lowest BCUT2D eigenvalue weighted by Gasteiger charge is -2.12. The highest BCUT2D eigenvalue weighted by atomic mass is 16.4. The summed E-state index contributed by atoms with van der Waals surface area (Å²) < 4.78 is 0. The Hall–Kier alpha value is -1.71. The molecule has 0 aliphatic carbocycles. The number of aliphatic carboxylic acids is 3. The van der Waals surface area contributed by atoms with E-state index in [1.54, 1.807) is 14.1 Å². The van der Waals surface area contributed by atoms with Gasteiger partial charge in [-0.25, -0.2) is 0 Å². The average molecular weight is 406 g/mol. The zero-order chi connectivity index (χ0) is 22.3. The van der Waals surface area contributed by atoms with Crippen molar-refractivity contribution in [2.24, 2.45) is 11.8 Å². The summed E-state index contributed by atoms with van der Waals surface area (Å²) in [6, 6.07) is -1.05. The van der Waals surface area contributed by atoms with Crippen LogP contribution in [0.15, 0.2) is 0 Å². The second kappa shape index (κ2) is 16.3. The SMILES string of the molecule is CN[C@@H](CC(C)C)C(=O)O.CN[C@@H](CC(C)C)C(=O)O.O=C(O)[C@@H]1CCCN1. The van der Waals surface area contributed by atoms with E-state index in [4.69, 9.17) is 15.3 Å². The number of hydrogen-bond donors (Lipinski definition) is 6. The second-order valence-corrected chi connectivity index (χ2v) is 7.61. The molecule has 9 nitrogen and oxygen atoms in total. The molecule has 0 spiro atoms. The van der Waals surface area contributed by atoms with E-state index in [1.165, 1.54) is 0 Å². The molecule has 28 heavy (non-hydrogen) atoms. The number of hydrogen-bond acceptors (Lipinski definition) is 6. The van der Waals surface area contributed by atoms with Crippen LogP contribution in [-0.4, -0.2) is 72.0 Å². The van der Waals surface area contributed by atoms with E-state index in [0.29, 0.717) is 24.7 Å². The molecule has 0 radical (unpaired) electrons. The lowest BCUT2D eigenvalue weighted by atomic mass is 10.0. The molecule has 0 saturated carbocycles. The van der Waals surface area contributed by atoms with Gasteiger partial charge in [0.2, 0.25) is 0 Å². The fourth-order valence-corrected chi connectivity index (χ4v) is 2.52. The molecule has 6 N–H and O–H groups in total. The molecule has 3 atom stereocenters. The molecule has 0 aromatic heterocycles. The largest absolute Gasteiger partial charge is 0.480 e. The van der Waals surface area contributed by atoms with E-state index in [9.17, 15) is 14.4 Å². The fourth-order valence-electron chi connectivity index (χ4n) is 2.52. The first-order chi connectivity index (χ1) is 13.0. The highest BCUT2D eigenvalue weighted by molar-refractivity contribution is 5.74. The number of likely N-dealkylation sites (N-methyl/N-ethyl adjacent to an activating group) is 2. The number of rotatable bonds is 9. The van der Waals surface area contributed by atoms with Gasteiger partial charge in [-0.05, 0) is 58.2 Å². The maximum atomic E-state index is 10.4. The lowest BCUT2D eigenvalue weighted by Crippen LogP contribution is -2.34. The first kappa shape index (κ1) is 28.5. The standard InChI is InChI=1S/2C7H15NO2.C5H9NO2/c2*1-5(2)4-6(8-3)7(9)10;7-5(8)4-2-1-3-6-4/h2*5-6,8H,4H2,1-3H3,(H,9,10);4,6H,1-3H2,(H,7,8)/t2*6-;4-/m000/s1. The quantitative estimate of drug-likeness (QED) is 0.333. The molecule has 1 heterocycles. The number of carboxylic acid groups (broad SMARTS) is 3. The summed E-state index contributed by atoms with van der Waals surface area (Å²) in [5.41, 5.74) is 0. The molecule has 9 heteroatoms. The molecule has 0 unspecified atom stereocenters. The molecule has 1 aliphatic heterocycles. The highest BCUT2D eigenvalue weighted by Crippen LogP contribution is 2.04. The Balaban J connectivity index is 0. The molecule has 0 amide bonds. The van der Waals surface area contributed by atoms with Gasteiger partial charge < -0.3 is 31.3 Å². The minimum atomic E-state index is -0.767.